The number of furan rings is 1. The number of nitrogens with zero attached hydrogens (tertiary/aromatic N) is 4. The van der Waals surface area contributed by atoms with Crippen LogP contribution >= 0.6 is 0 Å². The Kier molecular flexibility index (Phi) is 5.51. The lowest BCUT2D eigenvalue weighted by atomic mass is 9.40. The molecule has 0 unspecified atom stereocenters. The van der Waals surface area contributed by atoms with Crippen molar-refractivity contribution >= 4 is 113 Å². The molecule has 8 aromatic carbocycles. The Balaban J connectivity index is 1.20. The average Bonchev–Trinajstić information content (AvgIpc) is 4.03. The number of hydrogen-bond acceptors (Lipinski definition) is 3. The second-order valence-corrected chi connectivity index (χ2v) is 16.4. The van der Waals surface area contributed by atoms with Crippen molar-refractivity contribution in [3.63, 3.8) is 0 Å². The zero-order chi connectivity index (χ0) is 38.1. The molecule has 0 aliphatic carbocycles. The standard InChI is InChI=1S/C52H30B2N4O/c1-3-14-33(15-4-1)57-41-22-11-19-35-36-20-9-12-31-27-29-56(49(31)36)54(46(35)41)48-42(57)30-39-37-21-10-13-32-26-28-55(50(32)37)53-40-24-25-44-45(38-18-7-8-23-43(38)59-44)51(40)58(52(48)47(39)53)34-16-5-2-6-17-34/h1-30H. The number of fused-ring (bicyclic) bond motifs is 13. The normalized spacial score (nSPS) is 14.0. The van der Waals surface area contributed by atoms with Crippen LogP contribution < -0.4 is 31.7 Å². The summed E-state index contributed by atoms with van der Waals surface area (Å²) in [4.78, 5) is 5.16. The smallest absolute Gasteiger partial charge is 0.334 e. The van der Waals surface area contributed by atoms with Crippen molar-refractivity contribution in [3.05, 3.63) is 182 Å². The zero-order valence-electron chi connectivity index (χ0n) is 31.7. The lowest BCUT2D eigenvalue weighted by Gasteiger charge is -2.47. The topological polar surface area (TPSA) is 29.5 Å². The van der Waals surface area contributed by atoms with Gasteiger partial charge in [-0.05, 0) is 117 Å². The van der Waals surface area contributed by atoms with E-state index in [1.165, 1.54) is 88.7 Å². The fourth-order valence-electron chi connectivity index (χ4n) is 11.5. The van der Waals surface area contributed by atoms with Crippen molar-refractivity contribution in [1.29, 1.82) is 0 Å². The molecule has 0 atom stereocenters. The van der Waals surface area contributed by atoms with Crippen LogP contribution in [-0.4, -0.2) is 22.7 Å². The minimum Gasteiger partial charge on any atom is -0.456 e. The first-order chi connectivity index (χ1) is 29.3. The number of anilines is 6. The Bertz CT molecular complexity index is 3660. The summed E-state index contributed by atoms with van der Waals surface area (Å²) >= 11 is 0. The van der Waals surface area contributed by atoms with Gasteiger partial charge < -0.3 is 23.2 Å². The van der Waals surface area contributed by atoms with E-state index in [1.54, 1.807) is 0 Å². The molecule has 0 saturated heterocycles. The van der Waals surface area contributed by atoms with Gasteiger partial charge in [-0.15, -0.1) is 0 Å². The Morgan fingerprint density at radius 3 is 1.81 bits per heavy atom. The fraction of sp³-hybridized carbons (Fsp3) is 0. The molecule has 59 heavy (non-hydrogen) atoms. The van der Waals surface area contributed by atoms with Crippen molar-refractivity contribution in [2.24, 2.45) is 0 Å². The molecular weight excluding hydrogens is 718 g/mol. The summed E-state index contributed by atoms with van der Waals surface area (Å²) in [5.41, 5.74) is 21.8. The van der Waals surface area contributed by atoms with Crippen LogP contribution in [0, 0.1) is 0 Å². The second-order valence-electron chi connectivity index (χ2n) is 16.4. The van der Waals surface area contributed by atoms with Gasteiger partial charge in [0.2, 0.25) is 0 Å². The van der Waals surface area contributed by atoms with Gasteiger partial charge in [-0.3, -0.25) is 0 Å². The molecule has 0 radical (unpaired) electrons. The van der Waals surface area contributed by atoms with Crippen molar-refractivity contribution in [1.82, 2.24) is 8.96 Å². The molecule has 4 aliphatic heterocycles. The molecule has 11 aromatic rings. The summed E-state index contributed by atoms with van der Waals surface area (Å²) in [7, 11) is 0. The predicted octanol–water partition coefficient (Wildman–Crippen LogP) is 10.3. The third-order valence-corrected chi connectivity index (χ3v) is 13.7. The Hall–Kier alpha value is -7.63. The average molecular weight is 748 g/mol. The summed E-state index contributed by atoms with van der Waals surface area (Å²) < 4.78 is 11.8. The summed E-state index contributed by atoms with van der Waals surface area (Å²) in [6, 6.07) is 62.8. The molecule has 0 saturated carbocycles. The van der Waals surface area contributed by atoms with Gasteiger partial charge in [0.15, 0.2) is 0 Å². The molecule has 0 amide bonds. The van der Waals surface area contributed by atoms with Gasteiger partial charge in [-0.25, -0.2) is 0 Å². The molecule has 0 fully saturated rings. The zero-order valence-corrected chi connectivity index (χ0v) is 31.7. The van der Waals surface area contributed by atoms with E-state index < -0.39 is 0 Å². The van der Waals surface area contributed by atoms with E-state index in [-0.39, 0.29) is 13.7 Å². The Morgan fingerprint density at radius 2 is 1.05 bits per heavy atom. The highest BCUT2D eigenvalue weighted by molar-refractivity contribution is 6.94. The quantitative estimate of drug-likeness (QED) is 0.165. The number of aromatic nitrogens is 2. The van der Waals surface area contributed by atoms with Gasteiger partial charge in [0.1, 0.15) is 11.2 Å². The summed E-state index contributed by atoms with van der Waals surface area (Å²) in [6.45, 7) is -0.174. The molecule has 15 rings (SSSR count). The van der Waals surface area contributed by atoms with Crippen LogP contribution in [-0.2, 0) is 0 Å². The summed E-state index contributed by atoms with van der Waals surface area (Å²) in [5.74, 6) is 0. The third kappa shape index (κ3) is 3.62. The van der Waals surface area contributed by atoms with Crippen LogP contribution in [0.5, 0.6) is 0 Å². The van der Waals surface area contributed by atoms with Crippen LogP contribution in [0.2, 0.25) is 0 Å². The number of rotatable bonds is 2. The first kappa shape index (κ1) is 30.5. The molecule has 3 aromatic heterocycles. The largest absolute Gasteiger partial charge is 0.456 e. The Labute approximate surface area is 339 Å². The summed E-state index contributed by atoms with van der Waals surface area (Å²) in [6.07, 6.45) is 4.65. The highest BCUT2D eigenvalue weighted by Gasteiger charge is 2.50. The molecule has 0 N–H and O–H groups in total. The predicted molar refractivity (Wildman–Crippen MR) is 246 cm³/mol. The molecule has 4 aliphatic rings. The lowest BCUT2D eigenvalue weighted by Crippen LogP contribution is -2.63. The second kappa shape index (κ2) is 10.6. The van der Waals surface area contributed by atoms with E-state index in [0.717, 1.165) is 33.3 Å². The lowest BCUT2D eigenvalue weighted by molar-refractivity contribution is 0.669. The van der Waals surface area contributed by atoms with Crippen LogP contribution in [0.3, 0.4) is 0 Å². The maximum Gasteiger partial charge on any atom is 0.334 e. The molecule has 0 bridgehead atoms. The van der Waals surface area contributed by atoms with E-state index in [9.17, 15) is 0 Å². The van der Waals surface area contributed by atoms with Crippen LogP contribution in [0.4, 0.5) is 34.1 Å². The molecular formula is C52H30B2N4O. The SMILES string of the molecule is c1ccc(N2c3cccc4c3B(c3c2cc2c5c3N(c3ccccc3)c3c(ccc6oc7ccccc7c36)B5n3ccc5cccc-2c53)n2ccc3cccc-4c32)cc1. The van der Waals surface area contributed by atoms with E-state index in [2.05, 4.69) is 201 Å². The van der Waals surface area contributed by atoms with Crippen molar-refractivity contribution < 1.29 is 4.42 Å². The van der Waals surface area contributed by atoms with Gasteiger partial charge >= 0.3 is 13.7 Å². The van der Waals surface area contributed by atoms with Gasteiger partial charge in [0.25, 0.3) is 0 Å². The molecule has 270 valence electrons. The van der Waals surface area contributed by atoms with Crippen LogP contribution in [0.1, 0.15) is 0 Å². The van der Waals surface area contributed by atoms with Gasteiger partial charge in [0, 0.05) is 56.0 Å². The van der Waals surface area contributed by atoms with Gasteiger partial charge in [-0.1, -0.05) is 109 Å². The maximum atomic E-state index is 6.72. The fourth-order valence-corrected chi connectivity index (χ4v) is 11.5. The van der Waals surface area contributed by atoms with Crippen LogP contribution in [0.15, 0.2) is 187 Å². The number of benzene rings is 8. The summed E-state index contributed by atoms with van der Waals surface area (Å²) in [5, 5.41) is 4.78. The van der Waals surface area contributed by atoms with Crippen LogP contribution in [0.25, 0.3) is 66.0 Å². The van der Waals surface area contributed by atoms with Crippen molar-refractivity contribution in [2.45, 2.75) is 0 Å². The molecule has 5 nitrogen and oxygen atoms in total. The highest BCUT2D eigenvalue weighted by Crippen LogP contribution is 2.51. The van der Waals surface area contributed by atoms with Gasteiger partial charge in [0.05, 0.1) is 11.1 Å². The van der Waals surface area contributed by atoms with E-state index >= 15 is 0 Å². The molecule has 7 heterocycles. The van der Waals surface area contributed by atoms with E-state index in [0.29, 0.717) is 0 Å². The monoisotopic (exact) mass is 748 g/mol. The van der Waals surface area contributed by atoms with Crippen molar-refractivity contribution in [3.8, 4) is 22.3 Å². The van der Waals surface area contributed by atoms with E-state index in [4.69, 9.17) is 4.42 Å². The minimum atomic E-state index is -0.0978. The number of hydrogen-bond donors (Lipinski definition) is 0. The third-order valence-electron chi connectivity index (χ3n) is 13.7. The molecule has 0 spiro atoms. The van der Waals surface area contributed by atoms with E-state index in [1.807, 2.05) is 0 Å². The Morgan fingerprint density at radius 1 is 0.407 bits per heavy atom. The first-order valence-electron chi connectivity index (χ1n) is 20.5. The number of para-hydroxylation sites is 5. The minimum absolute atomic E-state index is 0.0758. The van der Waals surface area contributed by atoms with Crippen molar-refractivity contribution in [2.75, 3.05) is 9.80 Å². The van der Waals surface area contributed by atoms with Gasteiger partial charge in [-0.2, -0.15) is 0 Å². The molecule has 7 heteroatoms. The first-order valence-corrected chi connectivity index (χ1v) is 20.5. The maximum absolute atomic E-state index is 6.72. The highest BCUT2D eigenvalue weighted by atomic mass is 16.3.